The summed E-state index contributed by atoms with van der Waals surface area (Å²) >= 11 is 0. The molecule has 8 nitrogen and oxygen atoms in total. The van der Waals surface area contributed by atoms with E-state index in [0.29, 0.717) is 46.8 Å². The number of hydrogen-bond acceptors (Lipinski definition) is 8. The Balaban J connectivity index is 1.13. The van der Waals surface area contributed by atoms with Crippen LogP contribution in [0.4, 0.5) is 17.1 Å². The van der Waals surface area contributed by atoms with Crippen molar-refractivity contribution in [3.05, 3.63) is 131 Å². The molecule has 0 atom stereocenters. The predicted octanol–water partition coefficient (Wildman–Crippen LogP) is 6.44. The van der Waals surface area contributed by atoms with E-state index < -0.39 is 6.98 Å². The third kappa shape index (κ3) is 5.82. The van der Waals surface area contributed by atoms with E-state index in [4.69, 9.17) is 14.4 Å². The van der Waals surface area contributed by atoms with Crippen LogP contribution in [0.15, 0.2) is 120 Å². The molecule has 6 aromatic carbocycles. The summed E-state index contributed by atoms with van der Waals surface area (Å²) in [4.78, 5) is 19.6. The van der Waals surface area contributed by atoms with Gasteiger partial charge in [-0.1, -0.05) is 100 Å². The van der Waals surface area contributed by atoms with Gasteiger partial charge in [-0.05, 0) is 69.9 Å². The highest BCUT2D eigenvalue weighted by molar-refractivity contribution is 6.80. The predicted molar refractivity (Wildman–Crippen MR) is 222 cm³/mol. The van der Waals surface area contributed by atoms with Gasteiger partial charge >= 0.3 is 14.0 Å². The van der Waals surface area contributed by atoms with Crippen molar-refractivity contribution in [3.63, 3.8) is 0 Å². The first-order valence-electron chi connectivity index (χ1n) is 18.7. The van der Waals surface area contributed by atoms with Gasteiger partial charge in [-0.25, -0.2) is 0 Å². The Morgan fingerprint density at radius 3 is 1.87 bits per heavy atom. The quantitative estimate of drug-likeness (QED) is 0.128. The molecule has 0 radical (unpaired) electrons. The molecule has 6 aromatic rings. The summed E-state index contributed by atoms with van der Waals surface area (Å²) in [5, 5.41) is 28.0. The zero-order valence-electron chi connectivity index (χ0n) is 30.7. The van der Waals surface area contributed by atoms with Gasteiger partial charge in [-0.15, -0.1) is 0 Å². The van der Waals surface area contributed by atoms with Gasteiger partial charge in [0.15, 0.2) is 0 Å². The number of carbonyl (C=O) groups excluding carboxylic acids is 1. The number of ether oxygens (including phenoxy) is 2. The Morgan fingerprint density at radius 1 is 0.648 bits per heavy atom. The lowest BCUT2D eigenvalue weighted by Gasteiger charge is -2.31. The zero-order chi connectivity index (χ0) is 37.1. The summed E-state index contributed by atoms with van der Waals surface area (Å²) in [6, 6.07) is 36.1. The van der Waals surface area contributed by atoms with Crippen molar-refractivity contribution in [1.29, 1.82) is 0 Å². The maximum absolute atomic E-state index is 14.4. The molecule has 4 N–H and O–H groups in total. The molecule has 9 rings (SSSR count). The second kappa shape index (κ2) is 13.4. The highest BCUT2D eigenvalue weighted by Gasteiger charge is 2.39. The summed E-state index contributed by atoms with van der Waals surface area (Å²) < 4.78 is 11.8. The number of hydrogen-bond donors (Lipinski definition) is 4. The summed E-state index contributed by atoms with van der Waals surface area (Å²) in [6.45, 7) is 9.14. The van der Waals surface area contributed by atoms with E-state index in [-0.39, 0.29) is 24.1 Å². The lowest BCUT2D eigenvalue weighted by Crippen LogP contribution is -2.48. The van der Waals surface area contributed by atoms with Crippen LogP contribution in [-0.4, -0.2) is 38.1 Å². The van der Waals surface area contributed by atoms with E-state index in [1.807, 2.05) is 103 Å². The van der Waals surface area contributed by atoms with Gasteiger partial charge in [0.2, 0.25) is 5.78 Å². The molecule has 0 saturated carbocycles. The lowest BCUT2D eigenvalue weighted by atomic mass is 9.65. The molecule has 0 spiro atoms. The van der Waals surface area contributed by atoms with Crippen LogP contribution in [0, 0.1) is 11.8 Å². The highest BCUT2D eigenvalue weighted by atomic mass is 16.5. The average Bonchev–Trinajstić information content (AvgIpc) is 3.18. The third-order valence-electron chi connectivity index (χ3n) is 10.2. The third-order valence-corrected chi connectivity index (χ3v) is 10.2. The summed E-state index contributed by atoms with van der Waals surface area (Å²) in [5.74, 6) is 2.26. The number of allylic oxidation sites excluding steroid dienone is 2. The number of carbonyl (C=O) groups is 1. The molecule has 0 saturated heterocycles. The number of anilines is 3. The second-order valence-corrected chi connectivity index (χ2v) is 15.1. The first-order valence-corrected chi connectivity index (χ1v) is 18.7. The zero-order valence-corrected chi connectivity index (χ0v) is 30.7. The van der Waals surface area contributed by atoms with E-state index in [2.05, 4.69) is 49.4 Å². The summed E-state index contributed by atoms with van der Waals surface area (Å²) in [6.07, 6.45) is 0. The largest absolute Gasteiger partial charge is 0.506 e. The lowest BCUT2D eigenvalue weighted by molar-refractivity contribution is -0.109. The van der Waals surface area contributed by atoms with Crippen molar-refractivity contribution in [2.45, 2.75) is 27.7 Å². The number of Topliss-reactive ketones (excluding diaryl/α,β-unsaturated/α-hetero) is 1. The van der Waals surface area contributed by atoms with Gasteiger partial charge in [-0.3, -0.25) is 4.79 Å². The van der Waals surface area contributed by atoms with Crippen molar-refractivity contribution in [2.75, 3.05) is 28.9 Å². The van der Waals surface area contributed by atoms with Gasteiger partial charge in [-0.2, -0.15) is 0 Å². The standard InChI is InChI=1S/C44H40B2N4O4/c1-25(2)23-53-31-17-13-29(14-18-31)45-47-35-9-5-7-27-11-21-33(41(49-45)37(27)35)39-43(51)40(44(39)52)34-22-12-28-8-6-10-36-38(28)42(34)50-46(48-36)30-15-19-32(20-16-30)54-24-26(3)4/h5-22,25-26,47-49,51H,23-24H2,1-4H3. The molecule has 54 heavy (non-hydrogen) atoms. The van der Waals surface area contributed by atoms with Crippen molar-refractivity contribution in [1.82, 2.24) is 0 Å². The fraction of sp³-hybridized carbons (Fsp3) is 0.182. The number of nitrogens with zero attached hydrogens (tertiary/aromatic N) is 1. The van der Waals surface area contributed by atoms with E-state index >= 15 is 0 Å². The minimum Gasteiger partial charge on any atom is -0.506 e. The molecular formula is C44H40B2N4O4. The van der Waals surface area contributed by atoms with Gasteiger partial charge < -0.3 is 35.2 Å². The first-order chi connectivity index (χ1) is 26.2. The summed E-state index contributed by atoms with van der Waals surface area (Å²) in [5.41, 5.74) is 5.90. The van der Waals surface area contributed by atoms with Crippen molar-refractivity contribution >= 4 is 80.4 Å². The maximum Gasteiger partial charge on any atom is 0.427 e. The number of rotatable bonds is 9. The number of aliphatic hydroxyl groups is 1. The molecule has 0 amide bonds. The molecule has 1 aliphatic carbocycles. The molecule has 0 bridgehead atoms. The Hall–Kier alpha value is -6.15. The minimum atomic E-state index is -0.391. The van der Waals surface area contributed by atoms with Crippen LogP contribution in [0.25, 0.3) is 32.7 Å². The van der Waals surface area contributed by atoms with E-state index in [0.717, 1.165) is 61.0 Å². The van der Waals surface area contributed by atoms with Crippen LogP contribution in [0.2, 0.25) is 0 Å². The van der Waals surface area contributed by atoms with E-state index in [1.54, 1.807) is 0 Å². The van der Waals surface area contributed by atoms with Gasteiger partial charge in [0.1, 0.15) is 17.3 Å². The molecular weight excluding hydrogens is 670 g/mol. The van der Waals surface area contributed by atoms with Crippen LogP contribution < -0.4 is 46.7 Å². The number of nitrogens with one attached hydrogen (secondary N) is 3. The van der Waals surface area contributed by atoms with Gasteiger partial charge in [0.05, 0.1) is 29.7 Å². The fourth-order valence-corrected chi connectivity index (χ4v) is 7.57. The topological polar surface area (TPSA) is 104 Å². The van der Waals surface area contributed by atoms with E-state index in [9.17, 15) is 9.90 Å². The smallest absolute Gasteiger partial charge is 0.427 e. The van der Waals surface area contributed by atoms with Crippen LogP contribution in [0.1, 0.15) is 33.3 Å². The number of aliphatic hydroxyl groups excluding tert-OH is 1. The van der Waals surface area contributed by atoms with Crippen LogP contribution in [0.3, 0.4) is 0 Å². The summed E-state index contributed by atoms with van der Waals surface area (Å²) in [7, 11) is 0. The molecule has 3 aliphatic rings. The molecule has 0 fully saturated rings. The normalized spacial score (nSPS) is 15.6. The Kier molecular flexibility index (Phi) is 8.33. The highest BCUT2D eigenvalue weighted by Crippen LogP contribution is 2.45. The molecule has 266 valence electrons. The first kappa shape index (κ1) is 33.7. The number of ketones is 1. The average molecular weight is 710 g/mol. The van der Waals surface area contributed by atoms with Crippen LogP contribution in [0.5, 0.6) is 11.5 Å². The SMILES string of the molecule is CC(C)COc1ccc(B2N=c3c(=C4C(=O)C(c5ccc6cccc7c6c5NB(c5ccc(OCC(C)C)cc5)N7)=C4O)ccc4cccc(c34)N2)cc1. The van der Waals surface area contributed by atoms with Gasteiger partial charge in [0.25, 0.3) is 0 Å². The molecule has 0 unspecified atom stereocenters. The van der Waals surface area contributed by atoms with Crippen LogP contribution in [-0.2, 0) is 4.79 Å². The second-order valence-electron chi connectivity index (χ2n) is 15.1. The van der Waals surface area contributed by atoms with E-state index in [1.165, 1.54) is 0 Å². The van der Waals surface area contributed by atoms with Gasteiger partial charge in [0, 0.05) is 38.6 Å². The minimum absolute atomic E-state index is 0.0263. The molecule has 10 heteroatoms. The van der Waals surface area contributed by atoms with Crippen molar-refractivity contribution < 1.29 is 19.4 Å². The fourth-order valence-electron chi connectivity index (χ4n) is 7.57. The Labute approximate surface area is 314 Å². The molecule has 2 heterocycles. The van der Waals surface area contributed by atoms with Crippen LogP contribution >= 0.6 is 0 Å². The Morgan fingerprint density at radius 2 is 1.24 bits per heavy atom. The number of benzene rings is 6. The molecule has 2 aliphatic heterocycles. The molecule has 0 aromatic heterocycles. The monoisotopic (exact) mass is 710 g/mol. The van der Waals surface area contributed by atoms with Crippen molar-refractivity contribution in [3.8, 4) is 11.5 Å². The maximum atomic E-state index is 14.4. The van der Waals surface area contributed by atoms with Crippen molar-refractivity contribution in [2.24, 2.45) is 16.7 Å². The Bertz CT molecular complexity index is 2640.